The number of hydrogen-bond donors (Lipinski definition) is 2. The molecule has 1 saturated carbocycles. The fourth-order valence-electron chi connectivity index (χ4n) is 4.91. The first-order chi connectivity index (χ1) is 7.66. The van der Waals surface area contributed by atoms with Crippen LogP contribution in [0.4, 0.5) is 0 Å². The van der Waals surface area contributed by atoms with Gasteiger partial charge in [-0.05, 0) is 35.5 Å². The molecule has 1 heterocycles. The Labute approximate surface area is 104 Å². The van der Waals surface area contributed by atoms with Crippen molar-refractivity contribution in [2.45, 2.75) is 47.0 Å². The van der Waals surface area contributed by atoms with Crippen molar-refractivity contribution in [3.05, 3.63) is 0 Å². The summed E-state index contributed by atoms with van der Waals surface area (Å²) in [5, 5.41) is 12.7. The van der Waals surface area contributed by atoms with Gasteiger partial charge in [-0.2, -0.15) is 0 Å². The van der Waals surface area contributed by atoms with Crippen LogP contribution in [0.2, 0.25) is 0 Å². The molecule has 2 rings (SSSR count). The molecule has 2 fully saturated rings. The molecule has 1 aliphatic carbocycles. The van der Waals surface area contributed by atoms with E-state index in [1.165, 1.54) is 6.42 Å². The van der Waals surface area contributed by atoms with Crippen LogP contribution in [0, 0.1) is 22.2 Å². The number of aliphatic carboxylic acids is 1. The molecule has 1 spiro atoms. The van der Waals surface area contributed by atoms with Crippen molar-refractivity contribution in [3.8, 4) is 0 Å². The molecule has 98 valence electrons. The summed E-state index contributed by atoms with van der Waals surface area (Å²) >= 11 is 0. The van der Waals surface area contributed by atoms with Gasteiger partial charge in [0, 0.05) is 13.1 Å². The van der Waals surface area contributed by atoms with Crippen LogP contribution in [0.1, 0.15) is 47.0 Å². The van der Waals surface area contributed by atoms with Crippen LogP contribution < -0.4 is 5.32 Å². The molecule has 3 heteroatoms. The van der Waals surface area contributed by atoms with Crippen LogP contribution in [0.5, 0.6) is 0 Å². The highest BCUT2D eigenvalue weighted by Gasteiger charge is 2.55. The fraction of sp³-hybridized carbons (Fsp3) is 0.929. The number of hydrogen-bond acceptors (Lipinski definition) is 2. The van der Waals surface area contributed by atoms with Gasteiger partial charge in [-0.15, -0.1) is 0 Å². The molecule has 0 aromatic heterocycles. The fourth-order valence-corrected chi connectivity index (χ4v) is 4.91. The highest BCUT2D eigenvalue weighted by molar-refractivity contribution is 5.72. The molecule has 2 aliphatic rings. The molecule has 3 nitrogen and oxygen atoms in total. The molecule has 17 heavy (non-hydrogen) atoms. The Bertz CT molecular complexity index is 317. The lowest BCUT2D eigenvalue weighted by molar-refractivity contribution is -0.148. The third-order valence-electron chi connectivity index (χ3n) is 4.48. The van der Waals surface area contributed by atoms with E-state index < -0.39 is 5.97 Å². The average Bonchev–Trinajstić information content (AvgIpc) is 2.40. The Morgan fingerprint density at radius 1 is 1.12 bits per heavy atom. The molecule has 0 amide bonds. The molecule has 1 unspecified atom stereocenters. The first kappa shape index (κ1) is 12.9. The lowest BCUT2D eigenvalue weighted by Gasteiger charge is -2.52. The number of carboxylic acids is 1. The maximum absolute atomic E-state index is 11.5. The summed E-state index contributed by atoms with van der Waals surface area (Å²) in [4.78, 5) is 11.5. The predicted molar refractivity (Wildman–Crippen MR) is 67.8 cm³/mol. The minimum atomic E-state index is -0.622. The summed E-state index contributed by atoms with van der Waals surface area (Å²) in [6.45, 7) is 10.7. The van der Waals surface area contributed by atoms with Gasteiger partial charge >= 0.3 is 5.97 Å². The summed E-state index contributed by atoms with van der Waals surface area (Å²) < 4.78 is 0. The zero-order valence-corrected chi connectivity index (χ0v) is 11.5. The Balaban J connectivity index is 2.33. The maximum atomic E-state index is 11.5. The van der Waals surface area contributed by atoms with Gasteiger partial charge in [0.2, 0.25) is 0 Å². The largest absolute Gasteiger partial charge is 0.481 e. The van der Waals surface area contributed by atoms with Gasteiger partial charge in [-0.25, -0.2) is 0 Å². The number of rotatable bonds is 1. The standard InChI is InChI=1S/C14H25NO2/c1-12(2)6-13(3,4)8-14(7-12)9-15-5-10(14)11(16)17/h10,15H,5-9H2,1-4H3,(H,16,17). The van der Waals surface area contributed by atoms with Crippen LogP contribution in [0.15, 0.2) is 0 Å². The van der Waals surface area contributed by atoms with Crippen molar-refractivity contribution >= 4 is 5.97 Å². The first-order valence-electron chi connectivity index (χ1n) is 6.60. The van der Waals surface area contributed by atoms with Crippen LogP contribution in [-0.4, -0.2) is 24.2 Å². The van der Waals surface area contributed by atoms with Crippen LogP contribution in [0.25, 0.3) is 0 Å². The topological polar surface area (TPSA) is 49.3 Å². The second-order valence-electron chi connectivity index (χ2n) is 7.74. The zero-order valence-electron chi connectivity index (χ0n) is 11.5. The number of carboxylic acid groups (broad SMARTS) is 1. The Morgan fingerprint density at radius 2 is 1.65 bits per heavy atom. The van der Waals surface area contributed by atoms with Gasteiger partial charge in [-0.3, -0.25) is 4.79 Å². The van der Waals surface area contributed by atoms with E-state index in [2.05, 4.69) is 33.0 Å². The maximum Gasteiger partial charge on any atom is 0.308 e. The molecule has 0 radical (unpaired) electrons. The molecule has 0 aromatic carbocycles. The SMILES string of the molecule is CC1(C)CC(C)(C)CC2(CNCC2C(=O)O)C1. The van der Waals surface area contributed by atoms with E-state index in [1.54, 1.807) is 0 Å². The van der Waals surface area contributed by atoms with E-state index in [1.807, 2.05) is 0 Å². The van der Waals surface area contributed by atoms with E-state index in [-0.39, 0.29) is 22.2 Å². The second-order valence-corrected chi connectivity index (χ2v) is 7.74. The average molecular weight is 239 g/mol. The zero-order chi connectivity index (χ0) is 12.9. The molecular weight excluding hydrogens is 214 g/mol. The molecule has 1 atom stereocenters. The summed E-state index contributed by atoms with van der Waals surface area (Å²) in [6.07, 6.45) is 3.26. The minimum absolute atomic E-state index is 0.0307. The molecular formula is C14H25NO2. The van der Waals surface area contributed by atoms with Crippen LogP contribution in [0.3, 0.4) is 0 Å². The first-order valence-corrected chi connectivity index (χ1v) is 6.60. The van der Waals surface area contributed by atoms with Crippen LogP contribution >= 0.6 is 0 Å². The highest BCUT2D eigenvalue weighted by Crippen LogP contribution is 2.57. The van der Waals surface area contributed by atoms with Gasteiger partial charge in [-0.1, -0.05) is 27.7 Å². The summed E-state index contributed by atoms with van der Waals surface area (Å²) in [7, 11) is 0. The lowest BCUT2D eigenvalue weighted by Crippen LogP contribution is -2.47. The van der Waals surface area contributed by atoms with Gasteiger partial charge < -0.3 is 10.4 Å². The quantitative estimate of drug-likeness (QED) is 0.739. The van der Waals surface area contributed by atoms with Crippen LogP contribution in [-0.2, 0) is 4.79 Å². The third kappa shape index (κ3) is 2.35. The Kier molecular flexibility index (Phi) is 2.81. The van der Waals surface area contributed by atoms with E-state index >= 15 is 0 Å². The Morgan fingerprint density at radius 3 is 2.12 bits per heavy atom. The summed E-state index contributed by atoms with van der Waals surface area (Å²) in [6, 6.07) is 0. The lowest BCUT2D eigenvalue weighted by atomic mass is 9.52. The van der Waals surface area contributed by atoms with Crippen molar-refractivity contribution in [3.63, 3.8) is 0 Å². The third-order valence-corrected chi connectivity index (χ3v) is 4.48. The molecule has 0 aromatic rings. The summed E-state index contributed by atoms with van der Waals surface area (Å²) in [5.41, 5.74) is 0.472. The minimum Gasteiger partial charge on any atom is -0.481 e. The molecule has 2 N–H and O–H groups in total. The van der Waals surface area contributed by atoms with E-state index in [4.69, 9.17) is 0 Å². The summed E-state index contributed by atoms with van der Waals surface area (Å²) in [5.74, 6) is -0.829. The smallest absolute Gasteiger partial charge is 0.308 e. The normalized spacial score (nSPS) is 33.8. The number of nitrogens with one attached hydrogen (secondary N) is 1. The van der Waals surface area contributed by atoms with Gasteiger partial charge in [0.25, 0.3) is 0 Å². The predicted octanol–water partition coefficient (Wildman–Crippen LogP) is 2.51. The van der Waals surface area contributed by atoms with E-state index in [0.29, 0.717) is 6.54 Å². The highest BCUT2D eigenvalue weighted by atomic mass is 16.4. The Hall–Kier alpha value is -0.570. The number of carbonyl (C=O) groups is 1. The van der Waals surface area contributed by atoms with Crippen molar-refractivity contribution in [2.75, 3.05) is 13.1 Å². The monoisotopic (exact) mass is 239 g/mol. The van der Waals surface area contributed by atoms with Gasteiger partial charge in [0.1, 0.15) is 0 Å². The molecule has 1 saturated heterocycles. The second kappa shape index (κ2) is 3.71. The van der Waals surface area contributed by atoms with Gasteiger partial charge in [0.15, 0.2) is 0 Å². The van der Waals surface area contributed by atoms with Crippen molar-refractivity contribution < 1.29 is 9.90 Å². The molecule has 0 bridgehead atoms. The van der Waals surface area contributed by atoms with Crippen molar-refractivity contribution in [1.29, 1.82) is 0 Å². The van der Waals surface area contributed by atoms with E-state index in [9.17, 15) is 9.90 Å². The van der Waals surface area contributed by atoms with Gasteiger partial charge in [0.05, 0.1) is 5.92 Å². The van der Waals surface area contributed by atoms with E-state index in [0.717, 1.165) is 19.4 Å². The van der Waals surface area contributed by atoms with Crippen molar-refractivity contribution in [1.82, 2.24) is 5.32 Å². The molecule has 1 aliphatic heterocycles. The van der Waals surface area contributed by atoms with Crippen molar-refractivity contribution in [2.24, 2.45) is 22.2 Å².